The average molecular weight is 297 g/mol. The molecule has 2 aromatic heterocycles. The maximum absolute atomic E-state index is 12.3. The Bertz CT molecular complexity index is 868. The number of methoxy groups -OCH3 is 1. The molecule has 0 fully saturated rings. The van der Waals surface area contributed by atoms with E-state index in [1.807, 2.05) is 24.3 Å². The second-order valence-corrected chi connectivity index (χ2v) is 6.32. The Kier molecular flexibility index (Phi) is 3.28. The highest BCUT2D eigenvalue weighted by molar-refractivity contribution is 5.77. The Morgan fingerprint density at radius 1 is 1.18 bits per heavy atom. The lowest BCUT2D eigenvalue weighted by Crippen LogP contribution is -2.22. The molecule has 5 heteroatoms. The fourth-order valence-electron chi connectivity index (χ4n) is 2.37. The molecule has 0 radical (unpaired) electrons. The lowest BCUT2D eigenvalue weighted by molar-refractivity contribution is 0.415. The highest BCUT2D eigenvalue weighted by Gasteiger charge is 2.18. The number of fused-ring (bicyclic) bond motifs is 1. The van der Waals surface area contributed by atoms with E-state index in [2.05, 4.69) is 30.9 Å². The Morgan fingerprint density at radius 3 is 2.45 bits per heavy atom. The SMILES string of the molecule is COc1ccc(-c2cnn3c(=O)cc(C(C)(C)C)[nH]c23)cc1. The molecule has 5 nitrogen and oxygen atoms in total. The first-order valence-electron chi connectivity index (χ1n) is 7.16. The predicted octanol–water partition coefficient (Wildman–Crippen LogP) is 3.00. The molecule has 0 saturated heterocycles. The summed E-state index contributed by atoms with van der Waals surface area (Å²) in [6, 6.07) is 9.31. The third kappa shape index (κ3) is 2.39. The standard InChI is InChI=1S/C17H19N3O2/c1-17(2,3)14-9-15(21)20-16(19-14)13(10-18-20)11-5-7-12(22-4)8-6-11/h5-10,19H,1-4H3. The molecule has 0 spiro atoms. The van der Waals surface area contributed by atoms with Crippen LogP contribution in [0, 0.1) is 0 Å². The van der Waals surface area contributed by atoms with Crippen molar-refractivity contribution in [2.45, 2.75) is 26.2 Å². The van der Waals surface area contributed by atoms with Crippen molar-refractivity contribution in [2.24, 2.45) is 0 Å². The Balaban J connectivity index is 2.22. The first-order chi connectivity index (χ1) is 10.4. The number of nitrogens with zero attached hydrogens (tertiary/aromatic N) is 2. The minimum absolute atomic E-state index is 0.126. The smallest absolute Gasteiger partial charge is 0.274 e. The van der Waals surface area contributed by atoms with E-state index in [0.29, 0.717) is 5.65 Å². The minimum atomic E-state index is -0.137. The van der Waals surface area contributed by atoms with Crippen molar-refractivity contribution in [2.75, 3.05) is 7.11 Å². The summed E-state index contributed by atoms with van der Waals surface area (Å²) in [6.45, 7) is 6.20. The lowest BCUT2D eigenvalue weighted by Gasteiger charge is -2.18. The first-order valence-corrected chi connectivity index (χ1v) is 7.16. The molecule has 0 bridgehead atoms. The van der Waals surface area contributed by atoms with Crippen molar-refractivity contribution in [3.05, 3.63) is 52.6 Å². The summed E-state index contributed by atoms with van der Waals surface area (Å²) >= 11 is 0. The van der Waals surface area contributed by atoms with Gasteiger partial charge in [-0.05, 0) is 17.7 Å². The van der Waals surface area contributed by atoms with E-state index >= 15 is 0 Å². The molecule has 1 aromatic carbocycles. The third-order valence-corrected chi connectivity index (χ3v) is 3.71. The number of H-pyrrole nitrogens is 1. The zero-order valence-corrected chi connectivity index (χ0v) is 13.2. The molecule has 0 aliphatic heterocycles. The largest absolute Gasteiger partial charge is 0.497 e. The van der Waals surface area contributed by atoms with Gasteiger partial charge in [0.2, 0.25) is 0 Å². The van der Waals surface area contributed by atoms with Gasteiger partial charge in [0.25, 0.3) is 5.56 Å². The number of rotatable bonds is 2. The van der Waals surface area contributed by atoms with E-state index in [9.17, 15) is 4.79 Å². The van der Waals surface area contributed by atoms with Crippen LogP contribution in [-0.4, -0.2) is 21.7 Å². The van der Waals surface area contributed by atoms with Gasteiger partial charge in [-0.25, -0.2) is 0 Å². The van der Waals surface area contributed by atoms with E-state index in [1.54, 1.807) is 19.4 Å². The summed E-state index contributed by atoms with van der Waals surface area (Å²) in [5, 5.41) is 4.20. The summed E-state index contributed by atoms with van der Waals surface area (Å²) < 4.78 is 6.58. The highest BCUT2D eigenvalue weighted by Crippen LogP contribution is 2.26. The number of aromatic nitrogens is 3. The maximum atomic E-state index is 12.3. The van der Waals surface area contributed by atoms with Gasteiger partial charge in [-0.15, -0.1) is 0 Å². The molecule has 22 heavy (non-hydrogen) atoms. The van der Waals surface area contributed by atoms with Crippen LogP contribution in [0.2, 0.25) is 0 Å². The second-order valence-electron chi connectivity index (χ2n) is 6.32. The fourth-order valence-corrected chi connectivity index (χ4v) is 2.37. The number of ether oxygens (including phenoxy) is 1. The van der Waals surface area contributed by atoms with Gasteiger partial charge in [0.05, 0.1) is 13.3 Å². The number of hydrogen-bond donors (Lipinski definition) is 1. The summed E-state index contributed by atoms with van der Waals surface area (Å²) in [6.07, 6.45) is 1.71. The molecule has 3 aromatic rings. The topological polar surface area (TPSA) is 59.4 Å². The monoisotopic (exact) mass is 297 g/mol. The van der Waals surface area contributed by atoms with Crippen molar-refractivity contribution >= 4 is 5.65 Å². The van der Waals surface area contributed by atoms with E-state index in [1.165, 1.54) is 4.52 Å². The zero-order valence-electron chi connectivity index (χ0n) is 13.2. The van der Waals surface area contributed by atoms with E-state index < -0.39 is 0 Å². The highest BCUT2D eigenvalue weighted by atomic mass is 16.5. The molecule has 1 N–H and O–H groups in total. The van der Waals surface area contributed by atoms with Crippen molar-refractivity contribution in [1.29, 1.82) is 0 Å². The van der Waals surface area contributed by atoms with Crippen LogP contribution in [0.5, 0.6) is 5.75 Å². The molecule has 0 unspecified atom stereocenters. The third-order valence-electron chi connectivity index (χ3n) is 3.71. The first kappa shape index (κ1) is 14.4. The van der Waals surface area contributed by atoms with Gasteiger partial charge in [0.15, 0.2) is 0 Å². The Morgan fingerprint density at radius 2 is 1.86 bits per heavy atom. The second kappa shape index (κ2) is 5.02. The van der Waals surface area contributed by atoms with Gasteiger partial charge in [0, 0.05) is 22.7 Å². The van der Waals surface area contributed by atoms with Gasteiger partial charge in [0.1, 0.15) is 11.4 Å². The van der Waals surface area contributed by atoms with E-state index in [0.717, 1.165) is 22.6 Å². The van der Waals surface area contributed by atoms with Crippen LogP contribution in [0.15, 0.2) is 41.3 Å². The Labute approximate surface area is 128 Å². The van der Waals surface area contributed by atoms with E-state index in [4.69, 9.17) is 4.74 Å². The average Bonchev–Trinajstić information content (AvgIpc) is 2.91. The van der Waals surface area contributed by atoms with Crippen molar-refractivity contribution in [1.82, 2.24) is 14.6 Å². The fraction of sp³-hybridized carbons (Fsp3) is 0.294. The molecule has 0 amide bonds. The number of hydrogen-bond acceptors (Lipinski definition) is 3. The number of benzene rings is 1. The van der Waals surface area contributed by atoms with Crippen LogP contribution in [0.25, 0.3) is 16.8 Å². The van der Waals surface area contributed by atoms with Crippen LogP contribution >= 0.6 is 0 Å². The van der Waals surface area contributed by atoms with Crippen LogP contribution in [0.1, 0.15) is 26.5 Å². The van der Waals surface area contributed by atoms with Crippen molar-refractivity contribution in [3.63, 3.8) is 0 Å². The van der Waals surface area contributed by atoms with Crippen molar-refractivity contribution < 1.29 is 4.74 Å². The number of aromatic amines is 1. The molecule has 114 valence electrons. The van der Waals surface area contributed by atoms with Crippen LogP contribution in [0.3, 0.4) is 0 Å². The van der Waals surface area contributed by atoms with Gasteiger partial charge in [-0.1, -0.05) is 32.9 Å². The molecule has 2 heterocycles. The zero-order chi connectivity index (χ0) is 15.9. The van der Waals surface area contributed by atoms with Gasteiger partial charge in [-0.3, -0.25) is 4.79 Å². The molecular weight excluding hydrogens is 278 g/mol. The Hall–Kier alpha value is -2.56. The maximum Gasteiger partial charge on any atom is 0.274 e. The quantitative estimate of drug-likeness (QED) is 0.791. The van der Waals surface area contributed by atoms with Crippen molar-refractivity contribution in [3.8, 4) is 16.9 Å². The minimum Gasteiger partial charge on any atom is -0.497 e. The van der Waals surface area contributed by atoms with Gasteiger partial charge >= 0.3 is 0 Å². The molecule has 3 rings (SSSR count). The molecule has 0 atom stereocenters. The van der Waals surface area contributed by atoms with Gasteiger partial charge in [-0.2, -0.15) is 9.61 Å². The van der Waals surface area contributed by atoms with E-state index in [-0.39, 0.29) is 11.0 Å². The molecule has 0 saturated carbocycles. The van der Waals surface area contributed by atoms with Crippen LogP contribution < -0.4 is 10.3 Å². The molecule has 0 aliphatic carbocycles. The summed E-state index contributed by atoms with van der Waals surface area (Å²) in [5.41, 5.74) is 3.21. The molecule has 0 aliphatic rings. The number of nitrogens with one attached hydrogen (secondary N) is 1. The van der Waals surface area contributed by atoms with Crippen LogP contribution in [-0.2, 0) is 5.41 Å². The summed E-state index contributed by atoms with van der Waals surface area (Å²) in [5.74, 6) is 0.795. The lowest BCUT2D eigenvalue weighted by atomic mass is 9.92. The molecular formula is C17H19N3O2. The van der Waals surface area contributed by atoms with Crippen LogP contribution in [0.4, 0.5) is 0 Å². The summed E-state index contributed by atoms with van der Waals surface area (Å²) in [7, 11) is 1.64. The predicted molar refractivity (Wildman–Crippen MR) is 86.5 cm³/mol. The summed E-state index contributed by atoms with van der Waals surface area (Å²) in [4.78, 5) is 15.6. The van der Waals surface area contributed by atoms with Gasteiger partial charge < -0.3 is 9.72 Å². The normalized spacial score (nSPS) is 11.8.